The van der Waals surface area contributed by atoms with Crippen LogP contribution < -0.4 is 5.32 Å². The average Bonchev–Trinajstić information content (AvgIpc) is 3.03. The molecule has 1 aromatic heterocycles. The fourth-order valence-corrected chi connectivity index (χ4v) is 3.78. The molecule has 5 nitrogen and oxygen atoms in total. The van der Waals surface area contributed by atoms with Crippen LogP contribution in [0.1, 0.15) is 46.2 Å². The molecule has 1 saturated heterocycles. The minimum atomic E-state index is -0.0986. The third-order valence-corrected chi connectivity index (χ3v) is 5.48. The normalized spacial score (nSPS) is 16.8. The molecule has 1 aromatic carbocycles. The maximum atomic E-state index is 12.4. The number of nitrogens with zero attached hydrogens (tertiary/aromatic N) is 3. The Bertz CT molecular complexity index is 682. The Kier molecular flexibility index (Phi) is 5.81. The molecule has 7 heteroatoms. The van der Waals surface area contributed by atoms with E-state index in [1.807, 2.05) is 24.3 Å². The molecule has 1 unspecified atom stereocenters. The summed E-state index contributed by atoms with van der Waals surface area (Å²) in [5, 5.41) is 7.69. The van der Waals surface area contributed by atoms with E-state index in [0.717, 1.165) is 29.6 Å². The molecule has 24 heavy (non-hydrogen) atoms. The van der Waals surface area contributed by atoms with Gasteiger partial charge in [0.1, 0.15) is 4.88 Å². The summed E-state index contributed by atoms with van der Waals surface area (Å²) >= 11 is 7.16. The molecule has 3 rings (SSSR count). The van der Waals surface area contributed by atoms with Crippen molar-refractivity contribution >= 4 is 29.0 Å². The number of aryl methyl sites for hydroxylation is 1. The monoisotopic (exact) mass is 364 g/mol. The van der Waals surface area contributed by atoms with Crippen LogP contribution in [0, 0.1) is 6.92 Å². The lowest BCUT2D eigenvalue weighted by atomic mass is 10.0. The van der Waals surface area contributed by atoms with Crippen molar-refractivity contribution in [2.24, 2.45) is 0 Å². The molecule has 0 saturated carbocycles. The largest absolute Gasteiger partial charge is 0.349 e. The van der Waals surface area contributed by atoms with Crippen LogP contribution in [0.4, 0.5) is 0 Å². The fourth-order valence-electron chi connectivity index (χ4n) is 3.08. The van der Waals surface area contributed by atoms with Crippen LogP contribution >= 0.6 is 23.1 Å². The zero-order valence-corrected chi connectivity index (χ0v) is 15.2. The molecule has 2 aromatic rings. The van der Waals surface area contributed by atoms with Gasteiger partial charge in [0, 0.05) is 11.6 Å². The summed E-state index contributed by atoms with van der Waals surface area (Å²) in [7, 11) is 0. The Morgan fingerprint density at radius 1 is 1.29 bits per heavy atom. The third-order valence-electron chi connectivity index (χ3n) is 4.40. The third kappa shape index (κ3) is 4.12. The number of hydrogen-bond donors (Lipinski definition) is 1. The van der Waals surface area contributed by atoms with Crippen molar-refractivity contribution in [1.82, 2.24) is 19.8 Å². The number of rotatable bonds is 5. The zero-order valence-electron chi connectivity index (χ0n) is 13.7. The van der Waals surface area contributed by atoms with E-state index >= 15 is 0 Å². The molecule has 1 aliphatic heterocycles. The Morgan fingerprint density at radius 2 is 2.00 bits per heavy atom. The van der Waals surface area contributed by atoms with Crippen LogP contribution in [0.15, 0.2) is 24.3 Å². The van der Waals surface area contributed by atoms with E-state index in [2.05, 4.69) is 19.8 Å². The summed E-state index contributed by atoms with van der Waals surface area (Å²) in [6, 6.07) is 8.08. The Labute approximate surface area is 151 Å². The first-order chi connectivity index (χ1) is 11.6. The van der Waals surface area contributed by atoms with Crippen molar-refractivity contribution in [2.45, 2.75) is 32.2 Å². The van der Waals surface area contributed by atoms with Gasteiger partial charge in [-0.25, -0.2) is 0 Å². The number of amides is 1. The topological polar surface area (TPSA) is 58.1 Å². The molecular formula is C17H21ClN4OS. The molecule has 1 N–H and O–H groups in total. The lowest BCUT2D eigenvalue weighted by molar-refractivity contribution is 0.0927. The number of likely N-dealkylation sites (tertiary alicyclic amines) is 1. The van der Waals surface area contributed by atoms with Crippen LogP contribution in [0.3, 0.4) is 0 Å². The van der Waals surface area contributed by atoms with Crippen molar-refractivity contribution in [1.29, 1.82) is 0 Å². The van der Waals surface area contributed by atoms with E-state index in [9.17, 15) is 4.79 Å². The quantitative estimate of drug-likeness (QED) is 0.882. The van der Waals surface area contributed by atoms with Crippen LogP contribution in [0.25, 0.3) is 0 Å². The Hall–Kier alpha value is -1.50. The van der Waals surface area contributed by atoms with Gasteiger partial charge in [-0.2, -0.15) is 0 Å². The Balaban J connectivity index is 1.73. The van der Waals surface area contributed by atoms with Crippen LogP contribution in [-0.4, -0.2) is 40.0 Å². The number of halogens is 1. The second-order valence-corrected chi connectivity index (χ2v) is 7.25. The molecule has 0 radical (unpaired) electrons. The summed E-state index contributed by atoms with van der Waals surface area (Å²) in [5.74, 6) is -0.0986. The van der Waals surface area contributed by atoms with Gasteiger partial charge >= 0.3 is 0 Å². The number of piperidine rings is 1. The Morgan fingerprint density at radius 3 is 2.62 bits per heavy atom. The number of aromatic nitrogens is 2. The lowest BCUT2D eigenvalue weighted by Crippen LogP contribution is -2.40. The van der Waals surface area contributed by atoms with Crippen molar-refractivity contribution in [2.75, 3.05) is 19.6 Å². The lowest BCUT2D eigenvalue weighted by Gasteiger charge is -2.35. The predicted molar refractivity (Wildman–Crippen MR) is 96.6 cm³/mol. The van der Waals surface area contributed by atoms with E-state index < -0.39 is 0 Å². The van der Waals surface area contributed by atoms with Gasteiger partial charge in [0.15, 0.2) is 0 Å². The molecule has 1 fully saturated rings. The standard InChI is InChI=1S/C17H21ClN4OS/c1-12-16(24-21-20-12)17(23)19-11-15(22-9-3-2-4-10-22)13-5-7-14(18)8-6-13/h5-8,15H,2-4,9-11H2,1H3,(H,19,23). The van der Waals surface area contributed by atoms with Crippen molar-refractivity contribution in [3.8, 4) is 0 Å². The zero-order chi connectivity index (χ0) is 16.9. The molecule has 0 aliphatic carbocycles. The summed E-state index contributed by atoms with van der Waals surface area (Å²) in [4.78, 5) is 15.4. The minimum absolute atomic E-state index is 0.0986. The maximum Gasteiger partial charge on any atom is 0.265 e. The first-order valence-electron chi connectivity index (χ1n) is 8.22. The molecule has 128 valence electrons. The number of carbonyl (C=O) groups excluding carboxylic acids is 1. The maximum absolute atomic E-state index is 12.4. The van der Waals surface area contributed by atoms with Gasteiger partial charge in [-0.1, -0.05) is 34.6 Å². The van der Waals surface area contributed by atoms with Crippen LogP contribution in [-0.2, 0) is 0 Å². The molecule has 0 spiro atoms. The molecule has 1 amide bonds. The van der Waals surface area contributed by atoms with E-state index in [-0.39, 0.29) is 11.9 Å². The molecule has 1 aliphatic rings. The predicted octanol–water partition coefficient (Wildman–Crippen LogP) is 3.46. The van der Waals surface area contributed by atoms with Crippen molar-refractivity contribution < 1.29 is 4.79 Å². The van der Waals surface area contributed by atoms with Crippen LogP contribution in [0.5, 0.6) is 0 Å². The summed E-state index contributed by atoms with van der Waals surface area (Å²) in [5.41, 5.74) is 1.86. The minimum Gasteiger partial charge on any atom is -0.349 e. The van der Waals surface area contributed by atoms with Gasteiger partial charge in [0.05, 0.1) is 11.7 Å². The first kappa shape index (κ1) is 17.3. The number of nitrogens with one attached hydrogen (secondary N) is 1. The van der Waals surface area contributed by atoms with Gasteiger partial charge < -0.3 is 5.32 Å². The van der Waals surface area contributed by atoms with Gasteiger partial charge in [-0.05, 0) is 62.1 Å². The van der Waals surface area contributed by atoms with E-state index in [4.69, 9.17) is 11.6 Å². The molecule has 0 bridgehead atoms. The van der Waals surface area contributed by atoms with Crippen molar-refractivity contribution in [3.05, 3.63) is 45.4 Å². The van der Waals surface area contributed by atoms with Gasteiger partial charge in [-0.15, -0.1) is 5.10 Å². The second kappa shape index (κ2) is 8.05. The molecule has 2 heterocycles. The van der Waals surface area contributed by atoms with E-state index in [1.54, 1.807) is 6.92 Å². The fraction of sp³-hybridized carbons (Fsp3) is 0.471. The first-order valence-corrected chi connectivity index (χ1v) is 9.37. The number of benzene rings is 1. The second-order valence-electron chi connectivity index (χ2n) is 6.06. The highest BCUT2D eigenvalue weighted by Crippen LogP contribution is 2.25. The SMILES string of the molecule is Cc1nnsc1C(=O)NCC(c1ccc(Cl)cc1)N1CCCCC1. The van der Waals surface area contributed by atoms with Gasteiger partial charge in [0.25, 0.3) is 5.91 Å². The van der Waals surface area contributed by atoms with Gasteiger partial charge in [-0.3, -0.25) is 9.69 Å². The summed E-state index contributed by atoms with van der Waals surface area (Å²) < 4.78 is 3.83. The molecule has 1 atom stereocenters. The number of carbonyl (C=O) groups is 1. The molecular weight excluding hydrogens is 344 g/mol. The highest BCUT2D eigenvalue weighted by Gasteiger charge is 2.23. The average molecular weight is 365 g/mol. The van der Waals surface area contributed by atoms with E-state index in [1.165, 1.54) is 24.8 Å². The van der Waals surface area contributed by atoms with Gasteiger partial charge in [0.2, 0.25) is 0 Å². The van der Waals surface area contributed by atoms with Crippen molar-refractivity contribution in [3.63, 3.8) is 0 Å². The summed E-state index contributed by atoms with van der Waals surface area (Å²) in [6.07, 6.45) is 3.69. The highest BCUT2D eigenvalue weighted by atomic mass is 35.5. The van der Waals surface area contributed by atoms with Crippen LogP contribution in [0.2, 0.25) is 5.02 Å². The highest BCUT2D eigenvalue weighted by molar-refractivity contribution is 7.07. The summed E-state index contributed by atoms with van der Waals surface area (Å²) in [6.45, 7) is 4.49. The van der Waals surface area contributed by atoms with E-state index in [0.29, 0.717) is 17.1 Å². The smallest absolute Gasteiger partial charge is 0.265 e. The number of hydrogen-bond acceptors (Lipinski definition) is 5.